The van der Waals surface area contributed by atoms with Crippen LogP contribution >= 0.6 is 0 Å². The molecular formula is C19H19FN4. The molecule has 2 aromatic carbocycles. The summed E-state index contributed by atoms with van der Waals surface area (Å²) >= 11 is 0. The number of aryl methyl sites for hydroxylation is 1. The lowest BCUT2D eigenvalue weighted by Crippen LogP contribution is -2.06. The standard InChI is InChI=1S/C19H19FN4/c20-16-8-10-17(11-9-16)23-19-22-14-12-18(24-19)21-13-4-7-15-5-2-1-3-6-15/h1-3,5-6,8-12,14H,4,7,13H2,(H2,21,22,23,24). The summed E-state index contributed by atoms with van der Waals surface area (Å²) in [6.07, 6.45) is 3.74. The lowest BCUT2D eigenvalue weighted by molar-refractivity contribution is 0.628. The van der Waals surface area contributed by atoms with Crippen molar-refractivity contribution in [1.82, 2.24) is 9.97 Å². The molecule has 0 saturated carbocycles. The summed E-state index contributed by atoms with van der Waals surface area (Å²) in [5.41, 5.74) is 2.08. The van der Waals surface area contributed by atoms with Gasteiger partial charge in [0.2, 0.25) is 5.95 Å². The van der Waals surface area contributed by atoms with Gasteiger partial charge in [-0.1, -0.05) is 30.3 Å². The lowest BCUT2D eigenvalue weighted by Gasteiger charge is -2.08. The Labute approximate surface area is 140 Å². The third-order valence-corrected chi connectivity index (χ3v) is 3.55. The Bertz CT molecular complexity index is 760. The lowest BCUT2D eigenvalue weighted by atomic mass is 10.1. The van der Waals surface area contributed by atoms with Gasteiger partial charge in [-0.3, -0.25) is 0 Å². The molecular weight excluding hydrogens is 303 g/mol. The fourth-order valence-electron chi connectivity index (χ4n) is 2.33. The molecule has 3 aromatic rings. The molecule has 0 aliphatic rings. The molecule has 5 heteroatoms. The van der Waals surface area contributed by atoms with E-state index in [1.807, 2.05) is 12.1 Å². The molecule has 0 saturated heterocycles. The van der Waals surface area contributed by atoms with E-state index < -0.39 is 0 Å². The van der Waals surface area contributed by atoms with E-state index in [0.717, 1.165) is 30.9 Å². The smallest absolute Gasteiger partial charge is 0.229 e. The maximum Gasteiger partial charge on any atom is 0.229 e. The molecule has 0 unspecified atom stereocenters. The number of benzene rings is 2. The molecule has 2 N–H and O–H groups in total. The molecule has 1 aromatic heterocycles. The highest BCUT2D eigenvalue weighted by Crippen LogP contribution is 2.14. The summed E-state index contributed by atoms with van der Waals surface area (Å²) in [5.74, 6) is 0.979. The van der Waals surface area contributed by atoms with E-state index in [-0.39, 0.29) is 5.82 Å². The van der Waals surface area contributed by atoms with Crippen molar-refractivity contribution in [1.29, 1.82) is 0 Å². The van der Waals surface area contributed by atoms with E-state index in [4.69, 9.17) is 0 Å². The maximum absolute atomic E-state index is 12.9. The van der Waals surface area contributed by atoms with Gasteiger partial charge in [0.15, 0.2) is 0 Å². The van der Waals surface area contributed by atoms with E-state index in [1.54, 1.807) is 18.3 Å². The summed E-state index contributed by atoms with van der Waals surface area (Å²) in [6, 6.07) is 18.3. The van der Waals surface area contributed by atoms with Crippen LogP contribution in [0.2, 0.25) is 0 Å². The average molecular weight is 322 g/mol. The molecule has 0 bridgehead atoms. The van der Waals surface area contributed by atoms with Gasteiger partial charge < -0.3 is 10.6 Å². The second-order valence-corrected chi connectivity index (χ2v) is 5.41. The predicted molar refractivity (Wildman–Crippen MR) is 95.0 cm³/mol. The van der Waals surface area contributed by atoms with Gasteiger partial charge in [-0.05, 0) is 48.7 Å². The van der Waals surface area contributed by atoms with Crippen LogP contribution in [0, 0.1) is 5.82 Å². The van der Waals surface area contributed by atoms with Gasteiger partial charge in [-0.25, -0.2) is 9.37 Å². The van der Waals surface area contributed by atoms with E-state index >= 15 is 0 Å². The largest absolute Gasteiger partial charge is 0.370 e. The number of nitrogens with zero attached hydrogens (tertiary/aromatic N) is 2. The van der Waals surface area contributed by atoms with Gasteiger partial charge in [-0.2, -0.15) is 4.98 Å². The first kappa shape index (κ1) is 15.9. The summed E-state index contributed by atoms with van der Waals surface area (Å²) in [5, 5.41) is 6.36. The normalized spacial score (nSPS) is 10.4. The van der Waals surface area contributed by atoms with E-state index in [0.29, 0.717) is 5.95 Å². The van der Waals surface area contributed by atoms with Crippen LogP contribution in [0.4, 0.5) is 21.8 Å². The second kappa shape index (κ2) is 8.06. The highest BCUT2D eigenvalue weighted by Gasteiger charge is 2.01. The summed E-state index contributed by atoms with van der Waals surface area (Å²) in [6.45, 7) is 0.835. The van der Waals surface area contributed by atoms with Crippen LogP contribution in [-0.2, 0) is 6.42 Å². The number of hydrogen-bond donors (Lipinski definition) is 2. The number of hydrogen-bond acceptors (Lipinski definition) is 4. The molecule has 122 valence electrons. The Kier molecular flexibility index (Phi) is 5.35. The van der Waals surface area contributed by atoms with Crippen LogP contribution in [0.1, 0.15) is 12.0 Å². The zero-order valence-electron chi connectivity index (χ0n) is 13.2. The van der Waals surface area contributed by atoms with Crippen LogP contribution in [0.5, 0.6) is 0 Å². The molecule has 0 atom stereocenters. The molecule has 24 heavy (non-hydrogen) atoms. The first-order chi connectivity index (χ1) is 11.8. The first-order valence-electron chi connectivity index (χ1n) is 7.93. The molecule has 0 amide bonds. The van der Waals surface area contributed by atoms with Crippen molar-refractivity contribution in [3.8, 4) is 0 Å². The molecule has 0 radical (unpaired) electrons. The van der Waals surface area contributed by atoms with Gasteiger partial charge >= 0.3 is 0 Å². The van der Waals surface area contributed by atoms with Gasteiger partial charge in [0.1, 0.15) is 11.6 Å². The van der Waals surface area contributed by atoms with Crippen molar-refractivity contribution in [3.05, 3.63) is 78.2 Å². The van der Waals surface area contributed by atoms with Crippen LogP contribution in [0.3, 0.4) is 0 Å². The fraction of sp³-hybridized carbons (Fsp3) is 0.158. The molecule has 1 heterocycles. The van der Waals surface area contributed by atoms with Crippen molar-refractivity contribution in [2.24, 2.45) is 0 Å². The number of halogens is 1. The average Bonchev–Trinajstić information content (AvgIpc) is 2.62. The summed E-state index contributed by atoms with van der Waals surface area (Å²) < 4.78 is 12.9. The first-order valence-corrected chi connectivity index (χ1v) is 7.93. The zero-order chi connectivity index (χ0) is 16.6. The van der Waals surface area contributed by atoms with Gasteiger partial charge in [0.05, 0.1) is 0 Å². The Morgan fingerprint density at radius 1 is 0.917 bits per heavy atom. The highest BCUT2D eigenvalue weighted by molar-refractivity contribution is 5.54. The van der Waals surface area contributed by atoms with Crippen molar-refractivity contribution >= 4 is 17.5 Å². The van der Waals surface area contributed by atoms with Crippen molar-refractivity contribution in [3.63, 3.8) is 0 Å². The minimum atomic E-state index is -0.268. The summed E-state index contributed by atoms with van der Waals surface area (Å²) in [4.78, 5) is 8.58. The van der Waals surface area contributed by atoms with E-state index in [2.05, 4.69) is 44.9 Å². The predicted octanol–water partition coefficient (Wildman–Crippen LogP) is 4.40. The SMILES string of the molecule is Fc1ccc(Nc2nccc(NCCCc3ccccc3)n2)cc1. The van der Waals surface area contributed by atoms with Crippen molar-refractivity contribution in [2.45, 2.75) is 12.8 Å². The molecule has 0 aliphatic carbocycles. The number of anilines is 3. The Balaban J connectivity index is 1.50. The number of aromatic nitrogens is 2. The Hall–Kier alpha value is -2.95. The molecule has 0 spiro atoms. The third kappa shape index (κ3) is 4.78. The van der Waals surface area contributed by atoms with Gasteiger partial charge in [0.25, 0.3) is 0 Å². The number of rotatable bonds is 7. The maximum atomic E-state index is 12.9. The number of nitrogens with one attached hydrogen (secondary N) is 2. The highest BCUT2D eigenvalue weighted by atomic mass is 19.1. The topological polar surface area (TPSA) is 49.8 Å². The molecule has 4 nitrogen and oxygen atoms in total. The summed E-state index contributed by atoms with van der Waals surface area (Å²) in [7, 11) is 0. The van der Waals surface area contributed by atoms with E-state index in [9.17, 15) is 4.39 Å². The van der Waals surface area contributed by atoms with Crippen LogP contribution < -0.4 is 10.6 Å². The van der Waals surface area contributed by atoms with E-state index in [1.165, 1.54) is 17.7 Å². The molecule has 3 rings (SSSR count). The Morgan fingerprint density at radius 2 is 1.71 bits per heavy atom. The van der Waals surface area contributed by atoms with Crippen LogP contribution in [0.15, 0.2) is 66.9 Å². The minimum absolute atomic E-state index is 0.268. The zero-order valence-corrected chi connectivity index (χ0v) is 13.2. The van der Waals surface area contributed by atoms with Gasteiger partial charge in [0, 0.05) is 18.4 Å². The van der Waals surface area contributed by atoms with Crippen LogP contribution in [0.25, 0.3) is 0 Å². The quantitative estimate of drug-likeness (QED) is 0.633. The second-order valence-electron chi connectivity index (χ2n) is 5.41. The molecule has 0 aliphatic heterocycles. The monoisotopic (exact) mass is 322 g/mol. The fourth-order valence-corrected chi connectivity index (χ4v) is 2.33. The Morgan fingerprint density at radius 3 is 2.50 bits per heavy atom. The van der Waals surface area contributed by atoms with Crippen molar-refractivity contribution in [2.75, 3.05) is 17.2 Å². The minimum Gasteiger partial charge on any atom is -0.370 e. The molecule has 0 fully saturated rings. The van der Waals surface area contributed by atoms with Gasteiger partial charge in [-0.15, -0.1) is 0 Å². The van der Waals surface area contributed by atoms with Crippen molar-refractivity contribution < 1.29 is 4.39 Å². The third-order valence-electron chi connectivity index (χ3n) is 3.55. The van der Waals surface area contributed by atoms with Crippen LogP contribution in [-0.4, -0.2) is 16.5 Å².